The molecule has 1 aliphatic carbocycles. The largest absolute Gasteiger partial charge is 0.456 e. The Bertz CT molecular complexity index is 2760. The van der Waals surface area contributed by atoms with Gasteiger partial charge in [0, 0.05) is 33.2 Å². The number of rotatable bonds is 5. The van der Waals surface area contributed by atoms with Crippen LogP contribution in [-0.4, -0.2) is 0 Å². The third-order valence-corrected chi connectivity index (χ3v) is 10.9. The van der Waals surface area contributed by atoms with Crippen LogP contribution in [0.5, 0.6) is 0 Å². The molecule has 9 aromatic rings. The van der Waals surface area contributed by atoms with Gasteiger partial charge in [0.15, 0.2) is 0 Å². The van der Waals surface area contributed by atoms with E-state index < -0.39 is 0 Å². The number of benzene rings is 8. The maximum Gasteiger partial charge on any atom is 0.136 e. The number of nitrogens with zero attached hydrogens (tertiary/aromatic N) is 1. The molecule has 8 aromatic carbocycles. The molecule has 51 heavy (non-hydrogen) atoms. The van der Waals surface area contributed by atoms with Gasteiger partial charge in [0.1, 0.15) is 11.2 Å². The van der Waals surface area contributed by atoms with Gasteiger partial charge in [-0.25, -0.2) is 0 Å². The van der Waals surface area contributed by atoms with E-state index in [1.165, 1.54) is 49.5 Å². The van der Waals surface area contributed by atoms with Crippen molar-refractivity contribution < 1.29 is 4.42 Å². The summed E-state index contributed by atoms with van der Waals surface area (Å²) in [4.78, 5) is 2.36. The number of para-hydroxylation sites is 1. The first-order valence-electron chi connectivity index (χ1n) is 17.7. The van der Waals surface area contributed by atoms with E-state index in [-0.39, 0.29) is 5.41 Å². The Hall–Kier alpha value is -6.38. The van der Waals surface area contributed by atoms with E-state index in [1.54, 1.807) is 0 Å². The standard InChI is InChI=1S/C49H35NO/c1-49(2)44-20-12-11-18-39(44)40-28-26-37(30-45(40)49)50(35-15-7-4-8-16-35)36-24-21-32(22-25-36)34-23-27-42-46(29-34)51-47-31-43(33-13-5-3-6-14-33)38-17-9-10-19-41(38)48(42)47/h3-31H,1-2H3. The van der Waals surface area contributed by atoms with Crippen LogP contribution in [0.4, 0.5) is 17.1 Å². The van der Waals surface area contributed by atoms with E-state index in [1.807, 2.05) is 0 Å². The van der Waals surface area contributed by atoms with Gasteiger partial charge >= 0.3 is 0 Å². The topological polar surface area (TPSA) is 16.4 Å². The number of fused-ring (bicyclic) bond motifs is 8. The molecule has 0 spiro atoms. The minimum Gasteiger partial charge on any atom is -0.456 e. The molecule has 0 N–H and O–H groups in total. The zero-order valence-electron chi connectivity index (χ0n) is 28.6. The first-order valence-corrected chi connectivity index (χ1v) is 17.7. The fraction of sp³-hybridized carbons (Fsp3) is 0.0612. The van der Waals surface area contributed by atoms with Gasteiger partial charge in [-0.2, -0.15) is 0 Å². The molecule has 1 aliphatic rings. The molecule has 0 amide bonds. The van der Waals surface area contributed by atoms with E-state index >= 15 is 0 Å². The highest BCUT2D eigenvalue weighted by molar-refractivity contribution is 6.22. The second kappa shape index (κ2) is 11.3. The molecule has 0 saturated heterocycles. The summed E-state index contributed by atoms with van der Waals surface area (Å²) in [7, 11) is 0. The molecule has 0 saturated carbocycles. The normalized spacial score (nSPS) is 13.1. The lowest BCUT2D eigenvalue weighted by molar-refractivity contribution is 0.660. The van der Waals surface area contributed by atoms with Crippen LogP contribution in [-0.2, 0) is 5.41 Å². The van der Waals surface area contributed by atoms with Crippen molar-refractivity contribution >= 4 is 49.8 Å². The molecule has 0 bridgehead atoms. The minimum absolute atomic E-state index is 0.0706. The van der Waals surface area contributed by atoms with Crippen LogP contribution < -0.4 is 4.90 Å². The first-order chi connectivity index (χ1) is 25.0. The van der Waals surface area contributed by atoms with E-state index in [0.717, 1.165) is 44.7 Å². The highest BCUT2D eigenvalue weighted by Crippen LogP contribution is 2.50. The average Bonchev–Trinajstić information content (AvgIpc) is 3.67. The van der Waals surface area contributed by atoms with Crippen molar-refractivity contribution in [2.24, 2.45) is 0 Å². The Kier molecular flexibility index (Phi) is 6.56. The van der Waals surface area contributed by atoms with Crippen molar-refractivity contribution in [2.45, 2.75) is 19.3 Å². The number of furan rings is 1. The summed E-state index contributed by atoms with van der Waals surface area (Å²) in [5, 5.41) is 4.75. The number of hydrogen-bond donors (Lipinski definition) is 0. The highest BCUT2D eigenvalue weighted by atomic mass is 16.3. The Morgan fingerprint density at radius 1 is 0.392 bits per heavy atom. The van der Waals surface area contributed by atoms with Gasteiger partial charge in [-0.3, -0.25) is 0 Å². The third kappa shape index (κ3) is 4.64. The van der Waals surface area contributed by atoms with Gasteiger partial charge in [0.2, 0.25) is 0 Å². The minimum atomic E-state index is -0.0706. The second-order valence-corrected chi connectivity index (χ2v) is 14.1. The third-order valence-electron chi connectivity index (χ3n) is 10.9. The molecular weight excluding hydrogens is 619 g/mol. The van der Waals surface area contributed by atoms with Crippen molar-refractivity contribution in [3.63, 3.8) is 0 Å². The predicted molar refractivity (Wildman–Crippen MR) is 214 cm³/mol. The van der Waals surface area contributed by atoms with Crippen LogP contribution in [0.1, 0.15) is 25.0 Å². The second-order valence-electron chi connectivity index (χ2n) is 14.1. The summed E-state index contributed by atoms with van der Waals surface area (Å²) in [5.74, 6) is 0. The number of hydrogen-bond acceptors (Lipinski definition) is 2. The zero-order valence-corrected chi connectivity index (χ0v) is 28.6. The number of anilines is 3. The Morgan fingerprint density at radius 3 is 1.82 bits per heavy atom. The molecule has 1 heterocycles. The SMILES string of the molecule is CC1(C)c2ccccc2-c2ccc(N(c3ccccc3)c3ccc(-c4ccc5c(c4)oc4cc(-c6ccccc6)c6ccccc6c45)cc3)cc21. The first kappa shape index (κ1) is 29.5. The molecular formula is C49H35NO. The van der Waals surface area contributed by atoms with Crippen molar-refractivity contribution in [1.29, 1.82) is 0 Å². The quantitative estimate of drug-likeness (QED) is 0.184. The molecule has 0 unspecified atom stereocenters. The van der Waals surface area contributed by atoms with Crippen molar-refractivity contribution in [1.82, 2.24) is 0 Å². The van der Waals surface area contributed by atoms with Crippen LogP contribution in [0.2, 0.25) is 0 Å². The molecule has 0 aliphatic heterocycles. The Labute approximate surface area is 297 Å². The van der Waals surface area contributed by atoms with Gasteiger partial charge in [-0.05, 0) is 110 Å². The van der Waals surface area contributed by atoms with Crippen LogP contribution in [0.15, 0.2) is 180 Å². The van der Waals surface area contributed by atoms with Gasteiger partial charge < -0.3 is 9.32 Å². The molecule has 10 rings (SSSR count). The fourth-order valence-corrected chi connectivity index (χ4v) is 8.33. The summed E-state index contributed by atoms with van der Waals surface area (Å²) in [6, 6.07) is 63.5. The molecule has 0 radical (unpaired) electrons. The molecule has 242 valence electrons. The molecule has 0 atom stereocenters. The van der Waals surface area contributed by atoms with E-state index in [0.29, 0.717) is 0 Å². The van der Waals surface area contributed by atoms with Gasteiger partial charge in [0.05, 0.1) is 0 Å². The van der Waals surface area contributed by atoms with E-state index in [9.17, 15) is 0 Å². The smallest absolute Gasteiger partial charge is 0.136 e. The van der Waals surface area contributed by atoms with Gasteiger partial charge in [0.25, 0.3) is 0 Å². The van der Waals surface area contributed by atoms with Crippen molar-refractivity contribution in [3.05, 3.63) is 187 Å². The van der Waals surface area contributed by atoms with Gasteiger partial charge in [-0.1, -0.05) is 135 Å². The average molecular weight is 654 g/mol. The summed E-state index contributed by atoms with van der Waals surface area (Å²) in [6.07, 6.45) is 0. The Morgan fingerprint density at radius 2 is 1.02 bits per heavy atom. The Balaban J connectivity index is 1.05. The monoisotopic (exact) mass is 653 g/mol. The summed E-state index contributed by atoms with van der Waals surface area (Å²) in [6.45, 7) is 4.68. The fourth-order valence-electron chi connectivity index (χ4n) is 8.33. The lowest BCUT2D eigenvalue weighted by Crippen LogP contribution is -2.16. The van der Waals surface area contributed by atoms with Crippen LogP contribution in [0, 0.1) is 0 Å². The lowest BCUT2D eigenvalue weighted by Gasteiger charge is -2.28. The zero-order chi connectivity index (χ0) is 34.1. The van der Waals surface area contributed by atoms with Crippen LogP contribution >= 0.6 is 0 Å². The maximum atomic E-state index is 6.63. The molecule has 2 heteroatoms. The maximum absolute atomic E-state index is 6.63. The van der Waals surface area contributed by atoms with Crippen LogP contribution in [0.25, 0.3) is 66.1 Å². The molecule has 2 nitrogen and oxygen atoms in total. The van der Waals surface area contributed by atoms with E-state index in [4.69, 9.17) is 4.42 Å². The summed E-state index contributed by atoms with van der Waals surface area (Å²) >= 11 is 0. The van der Waals surface area contributed by atoms with Crippen molar-refractivity contribution in [2.75, 3.05) is 4.90 Å². The molecule has 1 aromatic heterocycles. The van der Waals surface area contributed by atoms with Crippen LogP contribution in [0.3, 0.4) is 0 Å². The predicted octanol–water partition coefficient (Wildman–Crippen LogP) is 13.8. The summed E-state index contributed by atoms with van der Waals surface area (Å²) < 4.78 is 6.63. The molecule has 0 fully saturated rings. The van der Waals surface area contributed by atoms with E-state index in [2.05, 4.69) is 195 Å². The summed E-state index contributed by atoms with van der Waals surface area (Å²) in [5.41, 5.74) is 15.2. The highest BCUT2D eigenvalue weighted by Gasteiger charge is 2.35. The lowest BCUT2D eigenvalue weighted by atomic mass is 9.82. The van der Waals surface area contributed by atoms with Gasteiger partial charge in [-0.15, -0.1) is 0 Å². The van der Waals surface area contributed by atoms with Crippen molar-refractivity contribution in [3.8, 4) is 33.4 Å².